The van der Waals surface area contributed by atoms with Crippen molar-refractivity contribution >= 4 is 17.4 Å². The fourth-order valence-corrected chi connectivity index (χ4v) is 3.31. The van der Waals surface area contributed by atoms with Crippen molar-refractivity contribution in [1.82, 2.24) is 10.6 Å². The molecule has 1 aromatic heterocycles. The minimum Gasteiger partial charge on any atom is -0.493 e. The van der Waals surface area contributed by atoms with Crippen molar-refractivity contribution in [2.75, 3.05) is 13.2 Å². The minimum atomic E-state index is -0.120. The molecule has 0 unspecified atom stereocenters. The molecule has 2 N–H and O–H groups in total. The molecular weight excluding hydrogens is 296 g/mol. The summed E-state index contributed by atoms with van der Waals surface area (Å²) in [5.41, 5.74) is 2.50. The Morgan fingerprint density at radius 3 is 3.14 bits per heavy atom. The van der Waals surface area contributed by atoms with E-state index in [2.05, 4.69) is 22.8 Å². The second kappa shape index (κ2) is 6.83. The number of fused-ring (bicyclic) bond motifs is 1. The van der Waals surface area contributed by atoms with E-state index in [-0.39, 0.29) is 12.1 Å². The topological polar surface area (TPSA) is 50.4 Å². The number of thiophene rings is 1. The van der Waals surface area contributed by atoms with Crippen molar-refractivity contribution in [3.63, 3.8) is 0 Å². The van der Waals surface area contributed by atoms with Crippen LogP contribution in [0.2, 0.25) is 0 Å². The highest BCUT2D eigenvalue weighted by Crippen LogP contribution is 2.25. The molecule has 5 heteroatoms. The Bertz CT molecular complexity index is 640. The Hall–Kier alpha value is -2.01. The third kappa shape index (κ3) is 3.60. The Kier molecular flexibility index (Phi) is 4.63. The first-order chi connectivity index (χ1) is 10.7. The average molecular weight is 316 g/mol. The zero-order valence-corrected chi connectivity index (χ0v) is 13.4. The van der Waals surface area contributed by atoms with Gasteiger partial charge in [-0.25, -0.2) is 4.79 Å². The highest BCUT2D eigenvalue weighted by Gasteiger charge is 2.12. The van der Waals surface area contributed by atoms with Gasteiger partial charge < -0.3 is 15.4 Å². The summed E-state index contributed by atoms with van der Waals surface area (Å²) >= 11 is 1.65. The van der Waals surface area contributed by atoms with Crippen LogP contribution in [0.15, 0.2) is 35.7 Å². The van der Waals surface area contributed by atoms with Gasteiger partial charge in [-0.3, -0.25) is 0 Å². The second-order valence-corrected chi connectivity index (χ2v) is 6.41. The predicted molar refractivity (Wildman–Crippen MR) is 88.6 cm³/mol. The molecule has 0 spiro atoms. The summed E-state index contributed by atoms with van der Waals surface area (Å²) in [4.78, 5) is 13.0. The number of nitrogens with one attached hydrogen (secondary N) is 2. The third-order valence-corrected chi connectivity index (χ3v) is 4.83. The van der Waals surface area contributed by atoms with Gasteiger partial charge in [0.05, 0.1) is 12.6 Å². The van der Waals surface area contributed by atoms with E-state index < -0.39 is 0 Å². The third-order valence-electron chi connectivity index (χ3n) is 3.77. The smallest absolute Gasteiger partial charge is 0.315 e. The molecule has 0 bridgehead atoms. The number of benzene rings is 1. The van der Waals surface area contributed by atoms with E-state index in [0.717, 1.165) is 30.1 Å². The first-order valence-corrected chi connectivity index (χ1v) is 8.43. The standard InChI is InChI=1S/C17H20N2O2S/c1-12(16-3-2-10-22-16)19-17(20)18-8-6-13-4-5-15-14(11-13)7-9-21-15/h2-5,10-12H,6-9H2,1H3,(H2,18,19,20)/t12-/m1/s1. The Balaban J connectivity index is 1.44. The molecule has 22 heavy (non-hydrogen) atoms. The number of hydrogen-bond donors (Lipinski definition) is 2. The van der Waals surface area contributed by atoms with Gasteiger partial charge in [0.1, 0.15) is 5.75 Å². The fraction of sp³-hybridized carbons (Fsp3) is 0.353. The Labute approximate surface area is 134 Å². The molecule has 4 nitrogen and oxygen atoms in total. The van der Waals surface area contributed by atoms with Crippen LogP contribution in [0.5, 0.6) is 5.75 Å². The highest BCUT2D eigenvalue weighted by molar-refractivity contribution is 7.10. The van der Waals surface area contributed by atoms with Gasteiger partial charge in [-0.1, -0.05) is 18.2 Å². The molecule has 0 radical (unpaired) electrons. The summed E-state index contributed by atoms with van der Waals surface area (Å²) in [6, 6.07) is 10.2. The number of carbonyl (C=O) groups is 1. The van der Waals surface area contributed by atoms with Crippen LogP contribution in [0.3, 0.4) is 0 Å². The largest absolute Gasteiger partial charge is 0.493 e. The van der Waals surface area contributed by atoms with Crippen LogP contribution in [0.4, 0.5) is 4.79 Å². The number of ether oxygens (including phenoxy) is 1. The molecular formula is C17H20N2O2S. The molecule has 2 heterocycles. The minimum absolute atomic E-state index is 0.0390. The van der Waals surface area contributed by atoms with Crippen molar-refractivity contribution in [2.24, 2.45) is 0 Å². The van der Waals surface area contributed by atoms with Gasteiger partial charge in [0, 0.05) is 17.8 Å². The van der Waals surface area contributed by atoms with Crippen LogP contribution in [-0.2, 0) is 12.8 Å². The quantitative estimate of drug-likeness (QED) is 0.889. The van der Waals surface area contributed by atoms with E-state index in [1.54, 1.807) is 11.3 Å². The van der Waals surface area contributed by atoms with Crippen molar-refractivity contribution < 1.29 is 9.53 Å². The Morgan fingerprint density at radius 2 is 2.32 bits per heavy atom. The Morgan fingerprint density at radius 1 is 1.41 bits per heavy atom. The maximum Gasteiger partial charge on any atom is 0.315 e. The van der Waals surface area contributed by atoms with Crippen LogP contribution >= 0.6 is 11.3 Å². The lowest BCUT2D eigenvalue weighted by molar-refractivity contribution is 0.238. The molecule has 0 saturated carbocycles. The monoisotopic (exact) mass is 316 g/mol. The second-order valence-electron chi connectivity index (χ2n) is 5.43. The van der Waals surface area contributed by atoms with Crippen molar-refractivity contribution in [1.29, 1.82) is 0 Å². The van der Waals surface area contributed by atoms with Crippen LogP contribution in [0, 0.1) is 0 Å². The summed E-state index contributed by atoms with van der Waals surface area (Å²) in [7, 11) is 0. The normalized spacial score (nSPS) is 14.0. The van der Waals surface area contributed by atoms with E-state index in [4.69, 9.17) is 4.74 Å². The summed E-state index contributed by atoms with van der Waals surface area (Å²) in [6.45, 7) is 3.40. The van der Waals surface area contributed by atoms with Crippen molar-refractivity contribution in [3.05, 3.63) is 51.7 Å². The lowest BCUT2D eigenvalue weighted by atomic mass is 10.1. The van der Waals surface area contributed by atoms with Crippen LogP contribution in [0.1, 0.15) is 29.0 Å². The summed E-state index contributed by atoms with van der Waals surface area (Å²) < 4.78 is 5.50. The lowest BCUT2D eigenvalue weighted by Crippen LogP contribution is -2.37. The zero-order valence-electron chi connectivity index (χ0n) is 12.6. The number of rotatable bonds is 5. The van der Waals surface area contributed by atoms with Crippen molar-refractivity contribution in [3.8, 4) is 5.75 Å². The van der Waals surface area contributed by atoms with E-state index in [0.29, 0.717) is 6.54 Å². The molecule has 1 aliphatic rings. The molecule has 0 fully saturated rings. The first-order valence-electron chi connectivity index (χ1n) is 7.55. The fourth-order valence-electron chi connectivity index (χ4n) is 2.57. The number of hydrogen-bond acceptors (Lipinski definition) is 3. The number of carbonyl (C=O) groups excluding carboxylic acids is 1. The van der Waals surface area contributed by atoms with Gasteiger partial charge in [-0.15, -0.1) is 11.3 Å². The van der Waals surface area contributed by atoms with Gasteiger partial charge in [-0.05, 0) is 42.0 Å². The molecule has 2 amide bonds. The lowest BCUT2D eigenvalue weighted by Gasteiger charge is -2.13. The van der Waals surface area contributed by atoms with Gasteiger partial charge in [-0.2, -0.15) is 0 Å². The molecule has 1 aliphatic heterocycles. The average Bonchev–Trinajstić information content (AvgIpc) is 3.18. The molecule has 0 aliphatic carbocycles. The van der Waals surface area contributed by atoms with Gasteiger partial charge >= 0.3 is 6.03 Å². The molecule has 1 atom stereocenters. The van der Waals surface area contributed by atoms with Crippen LogP contribution in [0.25, 0.3) is 0 Å². The van der Waals surface area contributed by atoms with Crippen LogP contribution < -0.4 is 15.4 Å². The SMILES string of the molecule is C[C@@H](NC(=O)NCCc1ccc2c(c1)CCO2)c1cccs1. The molecule has 2 aromatic rings. The molecule has 3 rings (SSSR count). The number of urea groups is 1. The molecule has 116 valence electrons. The first kappa shape index (κ1) is 14.9. The van der Waals surface area contributed by atoms with Crippen LogP contribution in [-0.4, -0.2) is 19.2 Å². The van der Waals surface area contributed by atoms with E-state index in [9.17, 15) is 4.79 Å². The zero-order chi connectivity index (χ0) is 15.4. The highest BCUT2D eigenvalue weighted by atomic mass is 32.1. The maximum atomic E-state index is 11.9. The molecule has 1 aromatic carbocycles. The van der Waals surface area contributed by atoms with Gasteiger partial charge in [0.25, 0.3) is 0 Å². The van der Waals surface area contributed by atoms with E-state index in [1.165, 1.54) is 11.1 Å². The van der Waals surface area contributed by atoms with Crippen molar-refractivity contribution in [2.45, 2.75) is 25.8 Å². The summed E-state index contributed by atoms with van der Waals surface area (Å²) in [6.07, 6.45) is 1.81. The maximum absolute atomic E-state index is 11.9. The van der Waals surface area contributed by atoms with E-state index in [1.807, 2.05) is 30.5 Å². The summed E-state index contributed by atoms with van der Waals surface area (Å²) in [5, 5.41) is 7.88. The molecule has 0 saturated heterocycles. The van der Waals surface area contributed by atoms with Gasteiger partial charge in [0.2, 0.25) is 0 Å². The van der Waals surface area contributed by atoms with E-state index >= 15 is 0 Å². The predicted octanol–water partition coefficient (Wildman–Crippen LogP) is 3.29. The summed E-state index contributed by atoms with van der Waals surface area (Å²) in [5.74, 6) is 0.999. The number of amides is 2. The van der Waals surface area contributed by atoms with Gasteiger partial charge in [0.15, 0.2) is 0 Å².